The molecule has 0 aliphatic heterocycles. The van der Waals surface area contributed by atoms with Gasteiger partial charge in [-0.05, 0) is 39.1 Å². The van der Waals surface area contributed by atoms with Crippen molar-refractivity contribution in [2.24, 2.45) is 7.05 Å². The van der Waals surface area contributed by atoms with Crippen LogP contribution >= 0.6 is 0 Å². The van der Waals surface area contributed by atoms with E-state index in [2.05, 4.69) is 9.82 Å². The Morgan fingerprint density at radius 3 is 2.48 bits per heavy atom. The normalized spacial score (nSPS) is 11.6. The molecule has 3 N–H and O–H groups in total. The minimum atomic E-state index is -3.52. The summed E-state index contributed by atoms with van der Waals surface area (Å²) in [6.45, 7) is 3.71. The molecule has 1 heterocycles. The average molecular weight is 310 g/mol. The third-order valence-electron chi connectivity index (χ3n) is 3.21. The number of rotatable bonds is 4. The minimum Gasteiger partial charge on any atom is -0.451 e. The molecule has 0 atom stereocenters. The van der Waals surface area contributed by atoms with Gasteiger partial charge in [0, 0.05) is 7.05 Å². The van der Waals surface area contributed by atoms with Crippen molar-refractivity contribution >= 4 is 15.7 Å². The number of aromatic nitrogens is 2. The van der Waals surface area contributed by atoms with Gasteiger partial charge < -0.3 is 10.5 Å². The number of anilines is 1. The maximum Gasteiger partial charge on any atom is 0.240 e. The molecule has 1 aromatic heterocycles. The summed E-state index contributed by atoms with van der Waals surface area (Å²) in [5, 5.41) is 4.25. The van der Waals surface area contributed by atoms with E-state index in [1.807, 2.05) is 20.9 Å². The van der Waals surface area contributed by atoms with E-state index in [9.17, 15) is 8.42 Å². The molecule has 0 spiro atoms. The summed E-state index contributed by atoms with van der Waals surface area (Å²) in [7, 11) is -0.358. The Bertz CT molecular complexity index is 781. The molecule has 0 saturated carbocycles. The summed E-state index contributed by atoms with van der Waals surface area (Å²) in [6.07, 6.45) is 0. The third-order valence-corrected chi connectivity index (χ3v) is 4.63. The molecular weight excluding hydrogens is 292 g/mol. The number of nitrogens with two attached hydrogens (primary N) is 1. The number of nitrogen functional groups attached to an aromatic ring is 1. The number of benzene rings is 1. The molecule has 21 heavy (non-hydrogen) atoms. The van der Waals surface area contributed by atoms with E-state index in [4.69, 9.17) is 10.5 Å². The van der Waals surface area contributed by atoms with Crippen LogP contribution in [0.2, 0.25) is 0 Å². The van der Waals surface area contributed by atoms with Gasteiger partial charge in [0.15, 0.2) is 11.5 Å². The highest BCUT2D eigenvalue weighted by Gasteiger charge is 2.16. The van der Waals surface area contributed by atoms with Crippen LogP contribution in [-0.2, 0) is 17.1 Å². The van der Waals surface area contributed by atoms with Crippen molar-refractivity contribution in [1.29, 1.82) is 0 Å². The number of nitrogens with zero attached hydrogens (tertiary/aromatic N) is 2. The summed E-state index contributed by atoms with van der Waals surface area (Å²) in [6, 6.07) is 4.34. The van der Waals surface area contributed by atoms with Gasteiger partial charge in [-0.1, -0.05) is 0 Å². The fourth-order valence-corrected chi connectivity index (χ4v) is 2.68. The van der Waals surface area contributed by atoms with Crippen LogP contribution in [0.4, 0.5) is 5.69 Å². The standard InChI is InChI=1S/C13H18N4O3S/c1-8-13(9(2)17(4)16-8)20-12-6-5-10(7-11(12)14)21(18,19)15-3/h5-7,15H,14H2,1-4H3. The lowest BCUT2D eigenvalue weighted by molar-refractivity contribution is 0.476. The van der Waals surface area contributed by atoms with E-state index >= 15 is 0 Å². The van der Waals surface area contributed by atoms with Crippen LogP contribution in [0.3, 0.4) is 0 Å². The molecule has 0 unspecified atom stereocenters. The van der Waals surface area contributed by atoms with Crippen LogP contribution in [0.5, 0.6) is 11.5 Å². The Morgan fingerprint density at radius 2 is 2.00 bits per heavy atom. The van der Waals surface area contributed by atoms with Gasteiger partial charge in [-0.3, -0.25) is 4.68 Å². The van der Waals surface area contributed by atoms with Crippen LogP contribution in [0.25, 0.3) is 0 Å². The predicted octanol–water partition coefficient (Wildman–Crippen LogP) is 1.32. The van der Waals surface area contributed by atoms with Gasteiger partial charge in [0.2, 0.25) is 10.0 Å². The van der Waals surface area contributed by atoms with Crippen LogP contribution in [0.15, 0.2) is 23.1 Å². The lowest BCUT2D eigenvalue weighted by Gasteiger charge is -2.10. The van der Waals surface area contributed by atoms with Crippen molar-refractivity contribution in [3.8, 4) is 11.5 Å². The van der Waals surface area contributed by atoms with Crippen molar-refractivity contribution < 1.29 is 13.2 Å². The van der Waals surface area contributed by atoms with E-state index < -0.39 is 10.0 Å². The monoisotopic (exact) mass is 310 g/mol. The third kappa shape index (κ3) is 2.86. The lowest BCUT2D eigenvalue weighted by atomic mass is 10.3. The molecule has 0 aliphatic carbocycles. The second-order valence-corrected chi connectivity index (χ2v) is 6.52. The van der Waals surface area contributed by atoms with Gasteiger partial charge in [-0.2, -0.15) is 5.10 Å². The number of nitrogens with one attached hydrogen (secondary N) is 1. The highest BCUT2D eigenvalue weighted by molar-refractivity contribution is 7.89. The van der Waals surface area contributed by atoms with E-state index in [1.54, 1.807) is 4.68 Å². The van der Waals surface area contributed by atoms with E-state index in [-0.39, 0.29) is 10.6 Å². The van der Waals surface area contributed by atoms with E-state index in [0.717, 1.165) is 11.4 Å². The Kier molecular flexibility index (Phi) is 3.93. The molecule has 0 bridgehead atoms. The summed E-state index contributed by atoms with van der Waals surface area (Å²) in [5.41, 5.74) is 7.72. The number of ether oxygens (including phenoxy) is 1. The number of sulfonamides is 1. The summed E-state index contributed by atoms with van der Waals surface area (Å²) < 4.78 is 33.1. The summed E-state index contributed by atoms with van der Waals surface area (Å²) in [4.78, 5) is 0.0921. The Hall–Kier alpha value is -2.06. The van der Waals surface area contributed by atoms with E-state index in [0.29, 0.717) is 11.5 Å². The van der Waals surface area contributed by atoms with Crippen molar-refractivity contribution in [3.05, 3.63) is 29.6 Å². The molecule has 2 rings (SSSR count). The molecule has 1 aromatic carbocycles. The largest absolute Gasteiger partial charge is 0.451 e. The molecule has 114 valence electrons. The molecule has 0 saturated heterocycles. The fourth-order valence-electron chi connectivity index (χ4n) is 1.92. The van der Waals surface area contributed by atoms with Gasteiger partial charge in [0.1, 0.15) is 5.69 Å². The van der Waals surface area contributed by atoms with Crippen LogP contribution < -0.4 is 15.2 Å². The second kappa shape index (κ2) is 5.38. The zero-order chi connectivity index (χ0) is 15.8. The van der Waals surface area contributed by atoms with Gasteiger partial charge in [0.25, 0.3) is 0 Å². The average Bonchev–Trinajstić information content (AvgIpc) is 2.67. The zero-order valence-electron chi connectivity index (χ0n) is 12.3. The predicted molar refractivity (Wildman–Crippen MR) is 79.9 cm³/mol. The van der Waals surface area contributed by atoms with Crippen molar-refractivity contribution in [3.63, 3.8) is 0 Å². The molecule has 7 nitrogen and oxygen atoms in total. The SMILES string of the molecule is CNS(=O)(=O)c1ccc(Oc2c(C)nn(C)c2C)c(N)c1. The molecule has 8 heteroatoms. The highest BCUT2D eigenvalue weighted by Crippen LogP contribution is 2.32. The number of hydrogen-bond acceptors (Lipinski definition) is 5. The van der Waals surface area contributed by atoms with Crippen LogP contribution in [0, 0.1) is 13.8 Å². The van der Waals surface area contributed by atoms with Crippen molar-refractivity contribution in [2.75, 3.05) is 12.8 Å². The Balaban J connectivity index is 2.39. The first-order valence-electron chi connectivity index (χ1n) is 6.27. The smallest absolute Gasteiger partial charge is 0.240 e. The fraction of sp³-hybridized carbons (Fsp3) is 0.308. The zero-order valence-corrected chi connectivity index (χ0v) is 13.2. The van der Waals surface area contributed by atoms with Gasteiger partial charge in [0.05, 0.1) is 16.3 Å². The van der Waals surface area contributed by atoms with Crippen LogP contribution in [-0.4, -0.2) is 25.2 Å². The Labute approximate surface area is 123 Å². The van der Waals surface area contributed by atoms with Crippen molar-refractivity contribution in [2.45, 2.75) is 18.7 Å². The first-order valence-corrected chi connectivity index (χ1v) is 7.75. The highest BCUT2D eigenvalue weighted by atomic mass is 32.2. The first kappa shape index (κ1) is 15.3. The molecule has 2 aromatic rings. The van der Waals surface area contributed by atoms with Gasteiger partial charge in [-0.15, -0.1) is 0 Å². The molecule has 0 amide bonds. The second-order valence-electron chi connectivity index (χ2n) is 4.63. The Morgan fingerprint density at radius 1 is 1.33 bits per heavy atom. The summed E-state index contributed by atoms with van der Waals surface area (Å²) in [5.74, 6) is 1.01. The first-order chi connectivity index (χ1) is 9.76. The van der Waals surface area contributed by atoms with Crippen LogP contribution in [0.1, 0.15) is 11.4 Å². The minimum absolute atomic E-state index is 0.0921. The maximum atomic E-state index is 11.7. The van der Waals surface area contributed by atoms with Crippen molar-refractivity contribution in [1.82, 2.24) is 14.5 Å². The van der Waals surface area contributed by atoms with Gasteiger partial charge in [-0.25, -0.2) is 13.1 Å². The van der Waals surface area contributed by atoms with Gasteiger partial charge >= 0.3 is 0 Å². The molecular formula is C13H18N4O3S. The molecule has 0 radical (unpaired) electrons. The molecule has 0 aliphatic rings. The number of aryl methyl sites for hydroxylation is 2. The van der Waals surface area contributed by atoms with E-state index in [1.165, 1.54) is 25.2 Å². The molecule has 0 fully saturated rings. The quantitative estimate of drug-likeness (QED) is 0.830. The summed E-state index contributed by atoms with van der Waals surface area (Å²) >= 11 is 0. The topological polar surface area (TPSA) is 99.2 Å². The lowest BCUT2D eigenvalue weighted by Crippen LogP contribution is -2.18. The maximum absolute atomic E-state index is 11.7. The number of hydrogen-bond donors (Lipinski definition) is 2.